The zero-order valence-corrected chi connectivity index (χ0v) is 12.7. The second kappa shape index (κ2) is 5.73. The molecule has 0 fully saturated rings. The lowest BCUT2D eigenvalue weighted by atomic mass is 10.1. The fourth-order valence-electron chi connectivity index (χ4n) is 1.65. The summed E-state index contributed by atoms with van der Waals surface area (Å²) in [6, 6.07) is 5.72. The fraction of sp³-hybridized carbons (Fsp3) is 0.267. The highest BCUT2D eigenvalue weighted by Gasteiger charge is 2.21. The van der Waals surface area contributed by atoms with Crippen LogP contribution in [0.25, 0.3) is 11.3 Å². The van der Waals surface area contributed by atoms with Gasteiger partial charge < -0.3 is 4.74 Å². The largest absolute Gasteiger partial charge is 0.456 e. The second-order valence-corrected chi connectivity index (χ2v) is 6.27. The van der Waals surface area contributed by atoms with Crippen LogP contribution in [-0.4, -0.2) is 22.2 Å². The lowest BCUT2D eigenvalue weighted by molar-refractivity contribution is 0.00647. The van der Waals surface area contributed by atoms with Gasteiger partial charge in [-0.3, -0.25) is 4.79 Å². The molecule has 1 heterocycles. The van der Waals surface area contributed by atoms with Crippen LogP contribution in [0.15, 0.2) is 24.3 Å². The van der Waals surface area contributed by atoms with Crippen molar-refractivity contribution in [2.24, 2.45) is 0 Å². The SMILES string of the molecule is CC(C)(C)OC(=O)c1ccc(-c2cc(C=O)sn2)cc1F. The summed E-state index contributed by atoms with van der Waals surface area (Å²) in [5.41, 5.74) is 0.191. The first-order valence-corrected chi connectivity index (χ1v) is 7.02. The number of carbonyl (C=O) groups excluding carboxylic acids is 2. The van der Waals surface area contributed by atoms with Crippen LogP contribution in [0.3, 0.4) is 0 Å². The fourth-order valence-corrected chi connectivity index (χ4v) is 2.22. The first-order chi connectivity index (χ1) is 9.80. The molecular formula is C15H14FNO3S. The van der Waals surface area contributed by atoms with Gasteiger partial charge >= 0.3 is 5.97 Å². The molecule has 0 N–H and O–H groups in total. The van der Waals surface area contributed by atoms with E-state index < -0.39 is 17.4 Å². The molecule has 0 amide bonds. The Kier molecular flexibility index (Phi) is 4.18. The van der Waals surface area contributed by atoms with E-state index in [0.717, 1.165) is 11.5 Å². The molecule has 110 valence electrons. The first-order valence-electron chi connectivity index (χ1n) is 6.25. The van der Waals surface area contributed by atoms with Crippen molar-refractivity contribution >= 4 is 23.8 Å². The Balaban J connectivity index is 2.29. The van der Waals surface area contributed by atoms with Gasteiger partial charge in [-0.2, -0.15) is 4.37 Å². The van der Waals surface area contributed by atoms with Crippen LogP contribution < -0.4 is 0 Å². The summed E-state index contributed by atoms with van der Waals surface area (Å²) >= 11 is 1.04. The number of esters is 1. The van der Waals surface area contributed by atoms with Crippen molar-refractivity contribution in [1.82, 2.24) is 4.37 Å². The maximum atomic E-state index is 14.1. The predicted octanol–water partition coefficient (Wildman–Crippen LogP) is 3.72. The van der Waals surface area contributed by atoms with Gasteiger partial charge in [-0.15, -0.1) is 0 Å². The van der Waals surface area contributed by atoms with Crippen molar-refractivity contribution in [2.75, 3.05) is 0 Å². The Morgan fingerprint density at radius 2 is 2.05 bits per heavy atom. The van der Waals surface area contributed by atoms with Gasteiger partial charge in [-0.05, 0) is 50.5 Å². The van der Waals surface area contributed by atoms with Gasteiger partial charge in [0.15, 0.2) is 6.29 Å². The molecule has 0 aliphatic rings. The van der Waals surface area contributed by atoms with Crippen molar-refractivity contribution < 1.29 is 18.7 Å². The molecule has 0 aliphatic carbocycles. The lowest BCUT2D eigenvalue weighted by Gasteiger charge is -2.19. The Hall–Kier alpha value is -2.08. The molecule has 21 heavy (non-hydrogen) atoms. The van der Waals surface area contributed by atoms with Crippen molar-refractivity contribution in [1.29, 1.82) is 0 Å². The minimum atomic E-state index is -0.710. The molecule has 0 aliphatic heterocycles. The molecule has 0 unspecified atom stereocenters. The monoisotopic (exact) mass is 307 g/mol. The number of aromatic nitrogens is 1. The first kappa shape index (κ1) is 15.3. The molecular weight excluding hydrogens is 293 g/mol. The third kappa shape index (κ3) is 3.72. The summed E-state index contributed by atoms with van der Waals surface area (Å²) in [5, 5.41) is 0. The molecule has 2 rings (SSSR count). The third-order valence-electron chi connectivity index (χ3n) is 2.53. The molecule has 0 saturated carbocycles. The summed E-state index contributed by atoms with van der Waals surface area (Å²) in [4.78, 5) is 22.9. The van der Waals surface area contributed by atoms with Crippen LogP contribution in [0.1, 0.15) is 40.8 Å². The molecule has 6 heteroatoms. The van der Waals surface area contributed by atoms with E-state index in [1.807, 2.05) is 0 Å². The summed E-state index contributed by atoms with van der Waals surface area (Å²) in [7, 11) is 0. The van der Waals surface area contributed by atoms with Crippen LogP contribution in [0.5, 0.6) is 0 Å². The second-order valence-electron chi connectivity index (χ2n) is 5.43. The lowest BCUT2D eigenvalue weighted by Crippen LogP contribution is -2.24. The highest BCUT2D eigenvalue weighted by Crippen LogP contribution is 2.24. The number of hydrogen-bond donors (Lipinski definition) is 0. The van der Waals surface area contributed by atoms with E-state index in [9.17, 15) is 14.0 Å². The zero-order chi connectivity index (χ0) is 15.6. The van der Waals surface area contributed by atoms with Gasteiger partial charge in [-0.1, -0.05) is 6.07 Å². The molecule has 1 aromatic carbocycles. The van der Waals surface area contributed by atoms with Crippen LogP contribution in [0.4, 0.5) is 4.39 Å². The summed E-state index contributed by atoms with van der Waals surface area (Å²) < 4.78 is 23.2. The van der Waals surface area contributed by atoms with E-state index in [0.29, 0.717) is 22.4 Å². The van der Waals surface area contributed by atoms with E-state index in [1.54, 1.807) is 32.9 Å². The van der Waals surface area contributed by atoms with Gasteiger partial charge in [-0.25, -0.2) is 9.18 Å². The quantitative estimate of drug-likeness (QED) is 0.640. The third-order valence-corrected chi connectivity index (χ3v) is 3.24. The number of ether oxygens (including phenoxy) is 1. The number of carbonyl (C=O) groups is 2. The van der Waals surface area contributed by atoms with E-state index in [4.69, 9.17) is 4.74 Å². The number of hydrogen-bond acceptors (Lipinski definition) is 5. The topological polar surface area (TPSA) is 56.3 Å². The Morgan fingerprint density at radius 3 is 2.57 bits per heavy atom. The smallest absolute Gasteiger partial charge is 0.341 e. The van der Waals surface area contributed by atoms with Crippen molar-refractivity contribution in [3.8, 4) is 11.3 Å². The zero-order valence-electron chi connectivity index (χ0n) is 11.8. The Labute approximate surface area is 125 Å². The summed E-state index contributed by atoms with van der Waals surface area (Å²) in [6.07, 6.45) is 0.687. The molecule has 0 bridgehead atoms. The van der Waals surface area contributed by atoms with Crippen LogP contribution in [0, 0.1) is 5.82 Å². The molecule has 0 atom stereocenters. The minimum absolute atomic E-state index is 0.125. The molecule has 0 spiro atoms. The van der Waals surface area contributed by atoms with Gasteiger partial charge in [0.25, 0.3) is 0 Å². The van der Waals surface area contributed by atoms with Crippen LogP contribution >= 0.6 is 11.5 Å². The minimum Gasteiger partial charge on any atom is -0.456 e. The van der Waals surface area contributed by atoms with Crippen molar-refractivity contribution in [3.63, 3.8) is 0 Å². The molecule has 0 saturated heterocycles. The van der Waals surface area contributed by atoms with Gasteiger partial charge in [0, 0.05) is 5.56 Å². The molecule has 0 radical (unpaired) electrons. The number of halogens is 1. The average Bonchev–Trinajstić information content (AvgIpc) is 2.85. The maximum absolute atomic E-state index is 14.1. The number of nitrogens with zero attached hydrogens (tertiary/aromatic N) is 1. The van der Waals surface area contributed by atoms with E-state index >= 15 is 0 Å². The maximum Gasteiger partial charge on any atom is 0.341 e. The molecule has 1 aromatic heterocycles. The van der Waals surface area contributed by atoms with Crippen LogP contribution in [0.2, 0.25) is 0 Å². The molecule has 4 nitrogen and oxygen atoms in total. The number of rotatable bonds is 3. The van der Waals surface area contributed by atoms with Gasteiger partial charge in [0.1, 0.15) is 11.4 Å². The predicted molar refractivity (Wildman–Crippen MR) is 78.1 cm³/mol. The molecule has 2 aromatic rings. The Morgan fingerprint density at radius 1 is 1.33 bits per heavy atom. The number of aldehydes is 1. The van der Waals surface area contributed by atoms with E-state index in [-0.39, 0.29) is 5.56 Å². The van der Waals surface area contributed by atoms with E-state index in [2.05, 4.69) is 4.37 Å². The summed E-state index contributed by atoms with van der Waals surface area (Å²) in [6.45, 7) is 5.15. The standard InChI is InChI=1S/C15H14FNO3S/c1-15(2,3)20-14(19)11-5-4-9(6-12(11)16)13-7-10(8-18)21-17-13/h4-8H,1-3H3. The van der Waals surface area contributed by atoms with Gasteiger partial charge in [0.2, 0.25) is 0 Å². The highest BCUT2D eigenvalue weighted by molar-refractivity contribution is 7.07. The van der Waals surface area contributed by atoms with Crippen LogP contribution in [-0.2, 0) is 4.74 Å². The Bertz CT molecular complexity index is 688. The number of benzene rings is 1. The summed E-state index contributed by atoms with van der Waals surface area (Å²) in [5.74, 6) is -1.39. The average molecular weight is 307 g/mol. The normalized spacial score (nSPS) is 11.2. The van der Waals surface area contributed by atoms with Crippen molar-refractivity contribution in [3.05, 3.63) is 40.5 Å². The van der Waals surface area contributed by atoms with Gasteiger partial charge in [0.05, 0.1) is 16.1 Å². The highest BCUT2D eigenvalue weighted by atomic mass is 32.1. The van der Waals surface area contributed by atoms with Crippen molar-refractivity contribution in [2.45, 2.75) is 26.4 Å². The van der Waals surface area contributed by atoms with E-state index in [1.165, 1.54) is 12.1 Å².